The van der Waals surface area contributed by atoms with E-state index in [1.165, 1.54) is 0 Å². The van der Waals surface area contributed by atoms with Gasteiger partial charge in [0.05, 0.1) is 0 Å². The topological polar surface area (TPSA) is 27.7 Å². The molecule has 0 aromatic carbocycles. The van der Waals surface area contributed by atoms with Crippen molar-refractivity contribution in [3.8, 4) is 37.0 Å². The monoisotopic (exact) mass is 308 g/mol. The van der Waals surface area contributed by atoms with E-state index in [4.69, 9.17) is 55.3 Å². The van der Waals surface area contributed by atoms with Crippen molar-refractivity contribution in [2.45, 2.75) is 39.1 Å². The fourth-order valence-electron chi connectivity index (χ4n) is 0.912. The standard InChI is InChI=1S/C12H15Cl2O3P/c1-7-10(4)15-18(13,14,16-11(5)8-2)17-12(6)9-3/h1-3,10-12H,4-6H3. The van der Waals surface area contributed by atoms with Gasteiger partial charge in [0.2, 0.25) is 0 Å². The third-order valence-electron chi connectivity index (χ3n) is 1.68. The third kappa shape index (κ3) is 5.95. The Balaban J connectivity index is 5.20. The van der Waals surface area contributed by atoms with Gasteiger partial charge in [0.25, 0.3) is 0 Å². The summed E-state index contributed by atoms with van der Waals surface area (Å²) in [6, 6.07) is 0. The van der Waals surface area contributed by atoms with Crippen LogP contribution in [0, 0.1) is 37.0 Å². The molecule has 0 spiro atoms. The zero-order chi connectivity index (χ0) is 14.4. The quantitative estimate of drug-likeness (QED) is 0.553. The maximum atomic E-state index is 6.16. The van der Waals surface area contributed by atoms with Crippen molar-refractivity contribution in [2.24, 2.45) is 0 Å². The molecule has 0 amide bonds. The van der Waals surface area contributed by atoms with Crippen LogP contribution in [0.25, 0.3) is 0 Å². The fraction of sp³-hybridized carbons (Fsp3) is 0.500. The van der Waals surface area contributed by atoms with E-state index in [9.17, 15) is 0 Å². The average Bonchev–Trinajstić information content (AvgIpc) is 2.27. The summed E-state index contributed by atoms with van der Waals surface area (Å²) in [6.07, 6.45) is 13.5. The molecule has 6 heteroatoms. The minimum absolute atomic E-state index is 0.715. The summed E-state index contributed by atoms with van der Waals surface area (Å²) in [6.45, 7) is 4.71. The van der Waals surface area contributed by atoms with Gasteiger partial charge in [-0.3, -0.25) is 0 Å². The van der Waals surface area contributed by atoms with Crippen LogP contribution >= 0.6 is 28.5 Å². The SMILES string of the molecule is C#CC(C)OP(Cl)(Cl)(OC(C)C#C)OC(C)C#C. The zero-order valence-electron chi connectivity index (χ0n) is 10.4. The average molecular weight is 309 g/mol. The molecule has 0 radical (unpaired) electrons. The molecular weight excluding hydrogens is 294 g/mol. The third-order valence-corrected chi connectivity index (χ3v) is 5.05. The second-order valence-electron chi connectivity index (χ2n) is 3.44. The normalized spacial score (nSPS) is 18.2. The molecule has 3 atom stereocenters. The van der Waals surface area contributed by atoms with Gasteiger partial charge >= 0.3 is 118 Å². The van der Waals surface area contributed by atoms with Crippen molar-refractivity contribution in [3.05, 3.63) is 0 Å². The number of hydrogen-bond acceptors (Lipinski definition) is 3. The second kappa shape index (κ2) is 6.65. The van der Waals surface area contributed by atoms with E-state index in [0.29, 0.717) is 0 Å². The number of rotatable bonds is 6. The molecule has 0 saturated heterocycles. The van der Waals surface area contributed by atoms with Gasteiger partial charge in [-0.05, 0) is 0 Å². The van der Waals surface area contributed by atoms with Gasteiger partial charge in [0.1, 0.15) is 0 Å². The molecule has 3 unspecified atom stereocenters. The molecule has 0 heterocycles. The summed E-state index contributed by atoms with van der Waals surface area (Å²) < 4.78 is 15.9. The van der Waals surface area contributed by atoms with Crippen molar-refractivity contribution in [3.63, 3.8) is 0 Å². The van der Waals surface area contributed by atoms with Crippen LogP contribution in [0.1, 0.15) is 20.8 Å². The van der Waals surface area contributed by atoms with Crippen LogP contribution in [0.5, 0.6) is 0 Å². The van der Waals surface area contributed by atoms with Crippen molar-refractivity contribution < 1.29 is 13.6 Å². The summed E-state index contributed by atoms with van der Waals surface area (Å²) in [4.78, 5) is 0. The van der Waals surface area contributed by atoms with E-state index in [1.54, 1.807) is 20.8 Å². The van der Waals surface area contributed by atoms with Crippen molar-refractivity contribution in [1.29, 1.82) is 0 Å². The predicted molar refractivity (Wildman–Crippen MR) is 76.8 cm³/mol. The maximum absolute atomic E-state index is 6.16. The molecule has 0 bridgehead atoms. The summed E-state index contributed by atoms with van der Waals surface area (Å²) in [5.74, 6) is 2.45. The van der Waals surface area contributed by atoms with E-state index in [-0.39, 0.29) is 0 Å². The Hall–Kier alpha value is -0.430. The minimum atomic E-state index is -4.46. The second-order valence-corrected chi connectivity index (χ2v) is 9.50. The van der Waals surface area contributed by atoms with Gasteiger partial charge in [-0.15, -0.1) is 0 Å². The van der Waals surface area contributed by atoms with E-state index in [2.05, 4.69) is 17.8 Å². The van der Waals surface area contributed by atoms with Gasteiger partial charge in [0, 0.05) is 0 Å². The van der Waals surface area contributed by atoms with Crippen LogP contribution in [0.15, 0.2) is 0 Å². The number of hydrogen-bond donors (Lipinski definition) is 0. The van der Waals surface area contributed by atoms with Crippen LogP contribution in [-0.4, -0.2) is 18.3 Å². The zero-order valence-corrected chi connectivity index (χ0v) is 12.8. The molecule has 0 rings (SSSR count). The Morgan fingerprint density at radius 2 is 1.00 bits per heavy atom. The fourth-order valence-corrected chi connectivity index (χ4v) is 4.89. The van der Waals surface area contributed by atoms with Crippen LogP contribution in [0.2, 0.25) is 0 Å². The van der Waals surface area contributed by atoms with Crippen molar-refractivity contribution in [2.75, 3.05) is 0 Å². The first-order chi connectivity index (χ1) is 8.15. The molecule has 0 aromatic rings. The molecule has 3 nitrogen and oxygen atoms in total. The summed E-state index contributed by atoms with van der Waals surface area (Å²) in [5.41, 5.74) is 0. The Morgan fingerprint density at radius 1 is 0.778 bits per heavy atom. The van der Waals surface area contributed by atoms with E-state index >= 15 is 0 Å². The van der Waals surface area contributed by atoms with Gasteiger partial charge < -0.3 is 0 Å². The summed E-state index contributed by atoms with van der Waals surface area (Å²) in [7, 11) is 0. The van der Waals surface area contributed by atoms with Crippen LogP contribution < -0.4 is 0 Å². The van der Waals surface area contributed by atoms with Crippen molar-refractivity contribution >= 4 is 28.5 Å². The Labute approximate surface area is 118 Å². The van der Waals surface area contributed by atoms with E-state index in [0.717, 1.165) is 0 Å². The van der Waals surface area contributed by atoms with E-state index in [1.807, 2.05) is 0 Å². The molecule has 18 heavy (non-hydrogen) atoms. The van der Waals surface area contributed by atoms with Gasteiger partial charge in [-0.25, -0.2) is 0 Å². The van der Waals surface area contributed by atoms with Crippen molar-refractivity contribution in [1.82, 2.24) is 0 Å². The van der Waals surface area contributed by atoms with Crippen LogP contribution in [0.4, 0.5) is 0 Å². The molecule has 0 N–H and O–H groups in total. The van der Waals surface area contributed by atoms with E-state index < -0.39 is 24.3 Å². The van der Waals surface area contributed by atoms with Gasteiger partial charge in [-0.1, -0.05) is 0 Å². The molecule has 0 aliphatic rings. The number of halogens is 2. The van der Waals surface area contributed by atoms with Crippen LogP contribution in [-0.2, 0) is 13.6 Å². The molecule has 0 aliphatic carbocycles. The first-order valence-corrected chi connectivity index (χ1v) is 8.86. The summed E-state index contributed by atoms with van der Waals surface area (Å²) in [5, 5.41) is 0. The van der Waals surface area contributed by atoms with Crippen LogP contribution in [0.3, 0.4) is 0 Å². The Kier molecular flexibility index (Phi) is 6.50. The molecule has 0 aliphatic heterocycles. The first-order valence-electron chi connectivity index (χ1n) is 5.06. The molecule has 0 saturated carbocycles. The molecule has 100 valence electrons. The molecule has 0 fully saturated rings. The predicted octanol–water partition coefficient (Wildman–Crippen LogP) is 3.71. The Bertz CT molecular complexity index is 355. The first kappa shape index (κ1) is 17.6. The molecule has 0 aromatic heterocycles. The Morgan fingerprint density at radius 3 is 1.17 bits per heavy atom. The van der Waals surface area contributed by atoms with Gasteiger partial charge in [-0.2, -0.15) is 0 Å². The van der Waals surface area contributed by atoms with Gasteiger partial charge in [0.15, 0.2) is 0 Å². The summed E-state index contributed by atoms with van der Waals surface area (Å²) >= 11 is 12.3. The molecular formula is C12H15Cl2O3P. The number of terminal acetylenes is 3.